The monoisotopic (exact) mass is 356 g/mol. The number of likely N-dealkylation sites (tertiary alicyclic amines) is 1. The molecule has 2 aromatic rings. The zero-order chi connectivity index (χ0) is 18.5. The lowest BCUT2D eigenvalue weighted by Gasteiger charge is -2.19. The molecule has 0 saturated carbocycles. The highest BCUT2D eigenvalue weighted by atomic mass is 16.2. The molecule has 1 fully saturated rings. The smallest absolute Gasteiger partial charge is 0.225 e. The largest absolute Gasteiger partial charge is 0.352 e. The Morgan fingerprint density at radius 1 is 1.35 bits per heavy atom. The van der Waals surface area contributed by atoms with Gasteiger partial charge in [-0.05, 0) is 25.7 Å². The van der Waals surface area contributed by atoms with Crippen molar-refractivity contribution in [1.29, 1.82) is 0 Å². The number of nitrogens with zero attached hydrogens (tertiary/aromatic N) is 5. The van der Waals surface area contributed by atoms with Crippen LogP contribution in [0.2, 0.25) is 0 Å². The topological polar surface area (TPSA) is 83.4 Å². The summed E-state index contributed by atoms with van der Waals surface area (Å²) < 4.78 is 1.67. The number of benzene rings is 1. The molecule has 26 heavy (non-hydrogen) atoms. The molecule has 1 aromatic heterocycles. The van der Waals surface area contributed by atoms with Crippen molar-refractivity contribution in [2.45, 2.75) is 13.0 Å². The van der Waals surface area contributed by atoms with E-state index in [9.17, 15) is 9.59 Å². The van der Waals surface area contributed by atoms with Crippen LogP contribution in [0.1, 0.15) is 12.0 Å². The molecule has 0 bridgehead atoms. The fraction of sp³-hybridized carbons (Fsp3) is 0.444. The normalized spacial score (nSPS) is 17.1. The van der Waals surface area contributed by atoms with Crippen LogP contribution < -0.4 is 5.32 Å². The maximum atomic E-state index is 12.5. The van der Waals surface area contributed by atoms with Gasteiger partial charge in [-0.15, -0.1) is 0 Å². The van der Waals surface area contributed by atoms with Crippen molar-refractivity contribution in [3.63, 3.8) is 0 Å². The third-order valence-corrected chi connectivity index (χ3v) is 4.51. The third-order valence-electron chi connectivity index (χ3n) is 4.51. The van der Waals surface area contributed by atoms with E-state index < -0.39 is 0 Å². The minimum absolute atomic E-state index is 0.0509. The summed E-state index contributed by atoms with van der Waals surface area (Å²) in [5.41, 5.74) is 1.82. The first-order valence-electron chi connectivity index (χ1n) is 8.67. The Hall–Kier alpha value is -2.74. The number of aromatic nitrogens is 3. The number of nitrogens with one attached hydrogen (secondary N) is 1. The van der Waals surface area contributed by atoms with E-state index in [1.54, 1.807) is 15.9 Å². The Morgan fingerprint density at radius 3 is 2.88 bits per heavy atom. The van der Waals surface area contributed by atoms with E-state index in [0.29, 0.717) is 19.6 Å². The predicted molar refractivity (Wildman–Crippen MR) is 96.4 cm³/mol. The molecule has 1 N–H and O–H groups in total. The number of carbonyl (C=O) groups excluding carboxylic acids is 2. The van der Waals surface area contributed by atoms with Crippen LogP contribution in [-0.4, -0.2) is 70.1 Å². The first-order valence-corrected chi connectivity index (χ1v) is 8.67. The number of hydrogen-bond acceptors (Lipinski definition) is 5. The van der Waals surface area contributed by atoms with Crippen LogP contribution >= 0.6 is 0 Å². The van der Waals surface area contributed by atoms with Crippen LogP contribution in [-0.2, 0) is 16.1 Å². The number of likely N-dealkylation sites (N-methyl/N-ethyl adjacent to an activating group) is 1. The fourth-order valence-corrected chi connectivity index (χ4v) is 3.03. The summed E-state index contributed by atoms with van der Waals surface area (Å²) in [7, 11) is 3.94. The molecule has 2 heterocycles. The summed E-state index contributed by atoms with van der Waals surface area (Å²) >= 11 is 0. The van der Waals surface area contributed by atoms with Gasteiger partial charge in [0.15, 0.2) is 0 Å². The Balaban J connectivity index is 1.58. The summed E-state index contributed by atoms with van der Waals surface area (Å²) in [5.74, 6) is -0.322. The van der Waals surface area contributed by atoms with Crippen LogP contribution in [0.4, 0.5) is 0 Å². The highest BCUT2D eigenvalue weighted by molar-refractivity contribution is 5.89. The molecule has 1 atom stereocenters. The number of hydrogen-bond donors (Lipinski definition) is 1. The molecule has 0 spiro atoms. The lowest BCUT2D eigenvalue weighted by atomic mass is 10.1. The standard InChI is InChI=1S/C18H24N6O2/c1-22(2)7-8-23-11-15(9-17(23)25)18(26)20-10-14-5-3-4-6-16(14)24-13-19-12-21-24/h3-6,12-13,15H,7-11H2,1-2H3,(H,20,26). The van der Waals surface area contributed by atoms with E-state index in [4.69, 9.17) is 0 Å². The summed E-state index contributed by atoms with van der Waals surface area (Å²) in [6, 6.07) is 7.71. The molecule has 8 nitrogen and oxygen atoms in total. The number of carbonyl (C=O) groups is 2. The van der Waals surface area contributed by atoms with Crippen molar-refractivity contribution in [1.82, 2.24) is 29.9 Å². The summed E-state index contributed by atoms with van der Waals surface area (Å²) in [6.07, 6.45) is 3.38. The molecule has 138 valence electrons. The average molecular weight is 356 g/mol. The second kappa shape index (κ2) is 8.09. The van der Waals surface area contributed by atoms with Gasteiger partial charge in [-0.2, -0.15) is 5.10 Å². The summed E-state index contributed by atoms with van der Waals surface area (Å²) in [5, 5.41) is 7.10. The predicted octanol–water partition coefficient (Wildman–Crippen LogP) is 0.294. The van der Waals surface area contributed by atoms with Crippen molar-refractivity contribution in [2.24, 2.45) is 5.92 Å². The molecular formula is C18H24N6O2. The van der Waals surface area contributed by atoms with Gasteiger partial charge < -0.3 is 15.1 Å². The average Bonchev–Trinajstić information content (AvgIpc) is 3.28. The quantitative estimate of drug-likeness (QED) is 0.771. The van der Waals surface area contributed by atoms with E-state index in [-0.39, 0.29) is 24.2 Å². The minimum atomic E-state index is -0.289. The van der Waals surface area contributed by atoms with Gasteiger partial charge in [-0.25, -0.2) is 9.67 Å². The molecular weight excluding hydrogens is 332 g/mol. The van der Waals surface area contributed by atoms with Gasteiger partial charge in [0, 0.05) is 32.6 Å². The highest BCUT2D eigenvalue weighted by Gasteiger charge is 2.33. The zero-order valence-electron chi connectivity index (χ0n) is 15.1. The first kappa shape index (κ1) is 18.1. The van der Waals surface area contributed by atoms with E-state index in [1.807, 2.05) is 43.3 Å². The van der Waals surface area contributed by atoms with Crippen molar-refractivity contribution in [2.75, 3.05) is 33.7 Å². The Kier molecular flexibility index (Phi) is 5.62. The van der Waals surface area contributed by atoms with Gasteiger partial charge in [-0.1, -0.05) is 18.2 Å². The van der Waals surface area contributed by atoms with Crippen molar-refractivity contribution in [3.8, 4) is 5.69 Å². The lowest BCUT2D eigenvalue weighted by Crippen LogP contribution is -2.35. The number of amides is 2. The van der Waals surface area contributed by atoms with E-state index in [2.05, 4.69) is 15.4 Å². The van der Waals surface area contributed by atoms with Crippen LogP contribution in [0.3, 0.4) is 0 Å². The Bertz CT molecular complexity index is 759. The maximum Gasteiger partial charge on any atom is 0.225 e. The second-order valence-electron chi connectivity index (χ2n) is 6.73. The van der Waals surface area contributed by atoms with Gasteiger partial charge in [-0.3, -0.25) is 9.59 Å². The summed E-state index contributed by atoms with van der Waals surface area (Å²) in [4.78, 5) is 32.4. The molecule has 2 amide bonds. The van der Waals surface area contributed by atoms with Crippen LogP contribution in [0.15, 0.2) is 36.9 Å². The van der Waals surface area contributed by atoms with Crippen LogP contribution in [0, 0.1) is 5.92 Å². The third kappa shape index (κ3) is 4.26. The van der Waals surface area contributed by atoms with Crippen LogP contribution in [0.5, 0.6) is 0 Å². The molecule has 3 rings (SSSR count). The second-order valence-corrected chi connectivity index (χ2v) is 6.73. The molecule has 1 unspecified atom stereocenters. The van der Waals surface area contributed by atoms with Crippen molar-refractivity contribution < 1.29 is 9.59 Å². The molecule has 1 aliphatic heterocycles. The molecule has 0 radical (unpaired) electrons. The summed E-state index contributed by atoms with van der Waals surface area (Å²) in [6.45, 7) is 2.33. The molecule has 1 saturated heterocycles. The minimum Gasteiger partial charge on any atom is -0.352 e. The molecule has 1 aliphatic rings. The Morgan fingerprint density at radius 2 is 2.15 bits per heavy atom. The lowest BCUT2D eigenvalue weighted by molar-refractivity contribution is -0.129. The van der Waals surface area contributed by atoms with Gasteiger partial charge in [0.1, 0.15) is 12.7 Å². The number of para-hydroxylation sites is 1. The van der Waals surface area contributed by atoms with Gasteiger partial charge >= 0.3 is 0 Å². The molecule has 1 aromatic carbocycles. The van der Waals surface area contributed by atoms with Gasteiger partial charge in [0.2, 0.25) is 11.8 Å². The fourth-order valence-electron chi connectivity index (χ4n) is 3.03. The molecule has 0 aliphatic carbocycles. The number of rotatable bonds is 7. The molecule has 8 heteroatoms. The SMILES string of the molecule is CN(C)CCN1CC(C(=O)NCc2ccccc2-n2cncn2)CC1=O. The first-order chi connectivity index (χ1) is 12.5. The van der Waals surface area contributed by atoms with Crippen molar-refractivity contribution in [3.05, 3.63) is 42.5 Å². The van der Waals surface area contributed by atoms with E-state index in [1.165, 1.54) is 6.33 Å². The highest BCUT2D eigenvalue weighted by Crippen LogP contribution is 2.18. The van der Waals surface area contributed by atoms with Gasteiger partial charge in [0.05, 0.1) is 11.6 Å². The zero-order valence-corrected chi connectivity index (χ0v) is 15.1. The van der Waals surface area contributed by atoms with Gasteiger partial charge in [0.25, 0.3) is 0 Å². The maximum absolute atomic E-state index is 12.5. The van der Waals surface area contributed by atoms with Crippen molar-refractivity contribution >= 4 is 11.8 Å². The van der Waals surface area contributed by atoms with Crippen LogP contribution in [0.25, 0.3) is 5.69 Å². The Labute approximate surface area is 152 Å². The van der Waals surface area contributed by atoms with E-state index >= 15 is 0 Å². The van der Waals surface area contributed by atoms with E-state index in [0.717, 1.165) is 17.8 Å².